The van der Waals surface area contributed by atoms with Crippen molar-refractivity contribution in [2.45, 2.75) is 19.4 Å². The molecule has 1 amide bonds. The van der Waals surface area contributed by atoms with Crippen molar-refractivity contribution in [3.63, 3.8) is 0 Å². The zero-order chi connectivity index (χ0) is 11.0. The number of carbonyl (C=O) groups excluding carboxylic acids is 1. The molecule has 1 atom stereocenters. The molecule has 6 heteroatoms. The van der Waals surface area contributed by atoms with E-state index in [1.807, 2.05) is 6.92 Å². The summed E-state index contributed by atoms with van der Waals surface area (Å²) < 4.78 is 0. The van der Waals surface area contributed by atoms with Crippen LogP contribution in [0.25, 0.3) is 0 Å². The van der Waals surface area contributed by atoms with E-state index in [4.69, 9.17) is 10.8 Å². The smallest absolute Gasteiger partial charge is 0.327 e. The Morgan fingerprint density at radius 1 is 1.57 bits per heavy atom. The predicted molar refractivity (Wildman–Crippen MR) is 56.2 cm³/mol. The summed E-state index contributed by atoms with van der Waals surface area (Å²) in [5.74, 6) is -0.179. The minimum atomic E-state index is -1.02. The van der Waals surface area contributed by atoms with E-state index in [1.165, 1.54) is 11.8 Å². The molecule has 0 radical (unpaired) electrons. The number of aliphatic carboxylic acids is 1. The quantitative estimate of drug-likeness (QED) is 0.510. The Kier molecular flexibility index (Phi) is 7.23. The highest BCUT2D eigenvalue weighted by Gasteiger charge is 2.18. The molecule has 14 heavy (non-hydrogen) atoms. The van der Waals surface area contributed by atoms with Gasteiger partial charge in [-0.05, 0) is 12.2 Å². The average Bonchev–Trinajstić information content (AvgIpc) is 2.16. The van der Waals surface area contributed by atoms with Crippen LogP contribution in [-0.2, 0) is 9.59 Å². The van der Waals surface area contributed by atoms with Crippen LogP contribution < -0.4 is 11.1 Å². The number of nitrogens with one attached hydrogen (secondary N) is 1. The van der Waals surface area contributed by atoms with Crippen molar-refractivity contribution in [2.75, 3.05) is 18.1 Å². The van der Waals surface area contributed by atoms with Gasteiger partial charge in [0.05, 0.1) is 6.54 Å². The summed E-state index contributed by atoms with van der Waals surface area (Å²) in [7, 11) is 0. The van der Waals surface area contributed by atoms with Gasteiger partial charge in [-0.2, -0.15) is 11.8 Å². The molecule has 0 aromatic rings. The van der Waals surface area contributed by atoms with Crippen LogP contribution in [-0.4, -0.2) is 41.1 Å². The summed E-state index contributed by atoms with van der Waals surface area (Å²) in [6.45, 7) is 1.84. The topological polar surface area (TPSA) is 92.4 Å². The molecule has 0 aromatic heterocycles. The highest BCUT2D eigenvalue weighted by atomic mass is 32.2. The predicted octanol–water partition coefficient (Wildman–Crippen LogP) is -0.342. The zero-order valence-electron chi connectivity index (χ0n) is 8.16. The first-order valence-electron chi connectivity index (χ1n) is 4.41. The van der Waals surface area contributed by atoms with Crippen LogP contribution in [0.15, 0.2) is 0 Å². The van der Waals surface area contributed by atoms with Crippen molar-refractivity contribution in [2.24, 2.45) is 5.73 Å². The van der Waals surface area contributed by atoms with Crippen LogP contribution >= 0.6 is 11.8 Å². The van der Waals surface area contributed by atoms with Gasteiger partial charge < -0.3 is 16.2 Å². The monoisotopic (exact) mass is 220 g/mol. The van der Waals surface area contributed by atoms with Crippen molar-refractivity contribution in [3.05, 3.63) is 0 Å². The van der Waals surface area contributed by atoms with Crippen molar-refractivity contribution in [3.8, 4) is 0 Å². The summed E-state index contributed by atoms with van der Waals surface area (Å²) in [5.41, 5.74) is 5.06. The number of thioether (sulfide) groups is 1. The molecule has 0 aliphatic carbocycles. The number of carboxylic acid groups (broad SMARTS) is 1. The number of carbonyl (C=O) groups is 2. The van der Waals surface area contributed by atoms with E-state index in [1.54, 1.807) is 0 Å². The van der Waals surface area contributed by atoms with Crippen LogP contribution in [0, 0.1) is 0 Å². The molecule has 82 valence electrons. The zero-order valence-corrected chi connectivity index (χ0v) is 8.97. The highest BCUT2D eigenvalue weighted by Crippen LogP contribution is 2.04. The SMILES string of the molecule is CCCSCC(NC(=O)CN)C(=O)O. The second kappa shape index (κ2) is 7.64. The molecule has 0 fully saturated rings. The Hall–Kier alpha value is -0.750. The highest BCUT2D eigenvalue weighted by molar-refractivity contribution is 7.99. The number of hydrogen-bond acceptors (Lipinski definition) is 4. The van der Waals surface area contributed by atoms with Crippen LogP contribution in [0.2, 0.25) is 0 Å². The molecule has 4 N–H and O–H groups in total. The largest absolute Gasteiger partial charge is 0.480 e. The third kappa shape index (κ3) is 5.82. The van der Waals surface area contributed by atoms with Gasteiger partial charge in [-0.1, -0.05) is 6.92 Å². The van der Waals surface area contributed by atoms with Gasteiger partial charge in [0.25, 0.3) is 0 Å². The second-order valence-corrected chi connectivity index (χ2v) is 3.89. The standard InChI is InChI=1S/C8H16N2O3S/c1-2-3-14-5-6(8(12)13)10-7(11)4-9/h6H,2-5,9H2,1H3,(H,10,11)(H,12,13). The maximum Gasteiger partial charge on any atom is 0.327 e. The minimum Gasteiger partial charge on any atom is -0.480 e. The summed E-state index contributed by atoms with van der Waals surface area (Å²) in [6.07, 6.45) is 0.988. The summed E-state index contributed by atoms with van der Waals surface area (Å²) in [6, 6.07) is -0.831. The van der Waals surface area contributed by atoms with Gasteiger partial charge in [-0.3, -0.25) is 4.79 Å². The summed E-state index contributed by atoms with van der Waals surface area (Å²) in [5, 5.41) is 11.1. The van der Waals surface area contributed by atoms with E-state index in [9.17, 15) is 9.59 Å². The first-order chi connectivity index (χ1) is 6.61. The van der Waals surface area contributed by atoms with Gasteiger partial charge in [0, 0.05) is 5.75 Å². The fourth-order valence-corrected chi connectivity index (χ4v) is 1.69. The maximum atomic E-state index is 10.9. The Labute approximate surface area is 87.4 Å². The Balaban J connectivity index is 3.90. The number of amides is 1. The average molecular weight is 220 g/mol. The first-order valence-corrected chi connectivity index (χ1v) is 5.57. The van der Waals surface area contributed by atoms with Crippen molar-refractivity contribution in [1.82, 2.24) is 5.32 Å². The molecular formula is C8H16N2O3S. The van der Waals surface area contributed by atoms with Gasteiger partial charge in [0.1, 0.15) is 6.04 Å². The molecule has 0 bridgehead atoms. The third-order valence-electron chi connectivity index (χ3n) is 1.45. The molecule has 0 spiro atoms. The molecule has 0 aromatic carbocycles. The van der Waals surface area contributed by atoms with Gasteiger partial charge in [-0.25, -0.2) is 4.79 Å². The number of rotatable bonds is 7. The van der Waals surface area contributed by atoms with Crippen molar-refractivity contribution < 1.29 is 14.7 Å². The molecule has 0 rings (SSSR count). The molecule has 0 saturated carbocycles. The van der Waals surface area contributed by atoms with Crippen LogP contribution in [0.5, 0.6) is 0 Å². The molecule has 0 heterocycles. The molecule has 1 unspecified atom stereocenters. The van der Waals surface area contributed by atoms with E-state index in [-0.39, 0.29) is 6.54 Å². The normalized spacial score (nSPS) is 12.1. The minimum absolute atomic E-state index is 0.178. The van der Waals surface area contributed by atoms with Crippen LogP contribution in [0.1, 0.15) is 13.3 Å². The number of carboxylic acids is 1. The van der Waals surface area contributed by atoms with E-state index >= 15 is 0 Å². The molecular weight excluding hydrogens is 204 g/mol. The number of nitrogens with two attached hydrogens (primary N) is 1. The Morgan fingerprint density at radius 2 is 2.21 bits per heavy atom. The molecule has 0 aliphatic rings. The molecule has 0 saturated heterocycles. The van der Waals surface area contributed by atoms with E-state index in [2.05, 4.69) is 5.32 Å². The maximum absolute atomic E-state index is 10.9. The van der Waals surface area contributed by atoms with Crippen molar-refractivity contribution >= 4 is 23.6 Å². The second-order valence-electron chi connectivity index (χ2n) is 2.74. The lowest BCUT2D eigenvalue weighted by molar-refractivity contribution is -0.140. The fraction of sp³-hybridized carbons (Fsp3) is 0.750. The van der Waals surface area contributed by atoms with Gasteiger partial charge in [0.2, 0.25) is 5.91 Å². The summed E-state index contributed by atoms with van der Waals surface area (Å²) >= 11 is 1.51. The van der Waals surface area contributed by atoms with Crippen LogP contribution in [0.3, 0.4) is 0 Å². The van der Waals surface area contributed by atoms with E-state index < -0.39 is 17.9 Å². The molecule has 5 nitrogen and oxygen atoms in total. The number of hydrogen-bond donors (Lipinski definition) is 3. The van der Waals surface area contributed by atoms with Gasteiger partial charge in [-0.15, -0.1) is 0 Å². The first kappa shape index (κ1) is 13.2. The Morgan fingerprint density at radius 3 is 2.64 bits per heavy atom. The lowest BCUT2D eigenvalue weighted by Crippen LogP contribution is -2.45. The molecule has 0 aliphatic heterocycles. The van der Waals surface area contributed by atoms with E-state index in [0.717, 1.165) is 12.2 Å². The lowest BCUT2D eigenvalue weighted by atomic mass is 10.3. The van der Waals surface area contributed by atoms with Crippen LogP contribution in [0.4, 0.5) is 0 Å². The Bertz CT molecular complexity index is 199. The van der Waals surface area contributed by atoms with Gasteiger partial charge >= 0.3 is 5.97 Å². The lowest BCUT2D eigenvalue weighted by Gasteiger charge is -2.12. The van der Waals surface area contributed by atoms with E-state index in [0.29, 0.717) is 5.75 Å². The van der Waals surface area contributed by atoms with Gasteiger partial charge in [0.15, 0.2) is 0 Å². The fourth-order valence-electron chi connectivity index (χ4n) is 0.773. The third-order valence-corrected chi connectivity index (χ3v) is 2.72. The summed E-state index contributed by atoms with van der Waals surface area (Å²) in [4.78, 5) is 21.5. The van der Waals surface area contributed by atoms with Crippen molar-refractivity contribution in [1.29, 1.82) is 0 Å².